The molecule has 6 heteroatoms. The van der Waals surface area contributed by atoms with E-state index in [2.05, 4.69) is 5.32 Å². The van der Waals surface area contributed by atoms with Gasteiger partial charge in [-0.2, -0.15) is 0 Å². The molecular weight excluding hydrogens is 306 g/mol. The molecule has 2 amide bonds. The minimum atomic E-state index is -0.317. The second-order valence-electron chi connectivity index (χ2n) is 6.37. The summed E-state index contributed by atoms with van der Waals surface area (Å²) >= 11 is 0. The lowest BCUT2D eigenvalue weighted by Crippen LogP contribution is -2.38. The summed E-state index contributed by atoms with van der Waals surface area (Å²) in [6.07, 6.45) is 5.45. The van der Waals surface area contributed by atoms with Crippen LogP contribution in [-0.2, 0) is 16.1 Å². The standard InChI is InChI=1S/C18H27N3O3/c1-3-8-16(22)19-15-10-9-14(2)21(18(15)24)13-17(23)20-11-6-4-5-7-12-20/h9-10H,3-8,11-13H2,1-2H3,(H,19,22). The molecule has 1 saturated heterocycles. The molecular formula is C18H27N3O3. The molecule has 0 saturated carbocycles. The molecule has 132 valence electrons. The van der Waals surface area contributed by atoms with Gasteiger partial charge >= 0.3 is 0 Å². The monoisotopic (exact) mass is 333 g/mol. The van der Waals surface area contributed by atoms with Crippen molar-refractivity contribution in [3.8, 4) is 0 Å². The Hall–Kier alpha value is -2.11. The quantitative estimate of drug-likeness (QED) is 0.899. The Morgan fingerprint density at radius 3 is 2.42 bits per heavy atom. The molecule has 2 heterocycles. The highest BCUT2D eigenvalue weighted by Crippen LogP contribution is 2.11. The van der Waals surface area contributed by atoms with Crippen molar-refractivity contribution >= 4 is 17.5 Å². The normalized spacial score (nSPS) is 15.0. The second kappa shape index (κ2) is 8.66. The molecule has 1 aromatic rings. The third-order valence-electron chi connectivity index (χ3n) is 4.40. The van der Waals surface area contributed by atoms with Gasteiger partial charge in [-0.05, 0) is 38.3 Å². The first kappa shape index (κ1) is 18.2. The molecule has 1 N–H and O–H groups in total. The molecule has 0 aliphatic carbocycles. The highest BCUT2D eigenvalue weighted by molar-refractivity contribution is 5.90. The fourth-order valence-corrected chi connectivity index (χ4v) is 2.96. The van der Waals surface area contributed by atoms with Gasteiger partial charge in [0.15, 0.2) is 0 Å². The Balaban J connectivity index is 2.15. The van der Waals surface area contributed by atoms with Crippen LogP contribution in [0.4, 0.5) is 5.69 Å². The first-order valence-electron chi connectivity index (χ1n) is 8.81. The molecule has 0 spiro atoms. The van der Waals surface area contributed by atoms with Crippen LogP contribution in [-0.4, -0.2) is 34.4 Å². The van der Waals surface area contributed by atoms with Gasteiger partial charge in [0, 0.05) is 25.2 Å². The van der Waals surface area contributed by atoms with Crippen LogP contribution < -0.4 is 10.9 Å². The van der Waals surface area contributed by atoms with E-state index >= 15 is 0 Å². The lowest BCUT2D eigenvalue weighted by molar-refractivity contribution is -0.131. The van der Waals surface area contributed by atoms with E-state index in [-0.39, 0.29) is 29.6 Å². The number of carbonyl (C=O) groups is 2. The lowest BCUT2D eigenvalue weighted by atomic mass is 10.2. The number of aryl methyl sites for hydroxylation is 1. The van der Waals surface area contributed by atoms with E-state index in [1.54, 1.807) is 19.1 Å². The predicted octanol–water partition coefficient (Wildman–Crippen LogP) is 2.30. The van der Waals surface area contributed by atoms with Crippen LogP contribution in [0.15, 0.2) is 16.9 Å². The highest BCUT2D eigenvalue weighted by Gasteiger charge is 2.18. The Bertz CT molecular complexity index is 643. The van der Waals surface area contributed by atoms with Gasteiger partial charge < -0.3 is 14.8 Å². The number of hydrogen-bond acceptors (Lipinski definition) is 3. The largest absolute Gasteiger partial charge is 0.341 e. The Kier molecular flexibility index (Phi) is 6.58. The van der Waals surface area contributed by atoms with E-state index in [4.69, 9.17) is 0 Å². The summed E-state index contributed by atoms with van der Waals surface area (Å²) in [6, 6.07) is 3.37. The molecule has 2 rings (SSSR count). The van der Waals surface area contributed by atoms with Crippen molar-refractivity contribution in [3.63, 3.8) is 0 Å². The van der Waals surface area contributed by atoms with Gasteiger partial charge in [0.25, 0.3) is 5.56 Å². The van der Waals surface area contributed by atoms with Crippen molar-refractivity contribution in [1.29, 1.82) is 0 Å². The number of nitrogens with zero attached hydrogens (tertiary/aromatic N) is 2. The fraction of sp³-hybridized carbons (Fsp3) is 0.611. The summed E-state index contributed by atoms with van der Waals surface area (Å²) in [5, 5.41) is 2.64. The number of pyridine rings is 1. The zero-order chi connectivity index (χ0) is 17.5. The SMILES string of the molecule is CCCC(=O)Nc1ccc(C)n(CC(=O)N2CCCCCC2)c1=O. The Morgan fingerprint density at radius 1 is 1.12 bits per heavy atom. The van der Waals surface area contributed by atoms with E-state index in [9.17, 15) is 14.4 Å². The van der Waals surface area contributed by atoms with Crippen LogP contribution in [0.5, 0.6) is 0 Å². The van der Waals surface area contributed by atoms with Crippen molar-refractivity contribution in [2.24, 2.45) is 0 Å². The molecule has 6 nitrogen and oxygen atoms in total. The third-order valence-corrected chi connectivity index (χ3v) is 4.40. The number of amides is 2. The number of likely N-dealkylation sites (tertiary alicyclic amines) is 1. The number of carbonyl (C=O) groups excluding carboxylic acids is 2. The van der Waals surface area contributed by atoms with Crippen LogP contribution in [0.25, 0.3) is 0 Å². The highest BCUT2D eigenvalue weighted by atomic mass is 16.2. The van der Waals surface area contributed by atoms with Crippen LogP contribution in [0, 0.1) is 6.92 Å². The van der Waals surface area contributed by atoms with Crippen molar-refractivity contribution in [1.82, 2.24) is 9.47 Å². The van der Waals surface area contributed by atoms with Gasteiger partial charge in [0.1, 0.15) is 12.2 Å². The maximum absolute atomic E-state index is 12.6. The van der Waals surface area contributed by atoms with E-state index in [1.807, 2.05) is 11.8 Å². The third kappa shape index (κ3) is 4.69. The Morgan fingerprint density at radius 2 is 1.79 bits per heavy atom. The van der Waals surface area contributed by atoms with Crippen LogP contribution in [0.1, 0.15) is 51.1 Å². The first-order valence-corrected chi connectivity index (χ1v) is 8.81. The van der Waals surface area contributed by atoms with Crippen LogP contribution in [0.3, 0.4) is 0 Å². The zero-order valence-corrected chi connectivity index (χ0v) is 14.6. The zero-order valence-electron chi connectivity index (χ0n) is 14.6. The van der Waals surface area contributed by atoms with Crippen molar-refractivity contribution in [2.45, 2.75) is 58.9 Å². The van der Waals surface area contributed by atoms with Crippen molar-refractivity contribution in [2.75, 3.05) is 18.4 Å². The van der Waals surface area contributed by atoms with E-state index in [0.717, 1.165) is 50.9 Å². The maximum atomic E-state index is 12.6. The molecule has 0 atom stereocenters. The molecule has 1 aromatic heterocycles. The minimum Gasteiger partial charge on any atom is -0.341 e. The second-order valence-corrected chi connectivity index (χ2v) is 6.37. The van der Waals surface area contributed by atoms with E-state index in [0.29, 0.717) is 6.42 Å². The molecule has 0 radical (unpaired) electrons. The Labute approximate surface area is 142 Å². The van der Waals surface area contributed by atoms with Gasteiger partial charge in [-0.1, -0.05) is 19.8 Å². The lowest BCUT2D eigenvalue weighted by Gasteiger charge is -2.21. The summed E-state index contributed by atoms with van der Waals surface area (Å²) in [5.41, 5.74) is 0.641. The van der Waals surface area contributed by atoms with Gasteiger partial charge in [0.05, 0.1) is 0 Å². The number of rotatable bonds is 5. The molecule has 0 bridgehead atoms. The van der Waals surface area contributed by atoms with E-state index in [1.165, 1.54) is 4.57 Å². The summed E-state index contributed by atoms with van der Waals surface area (Å²) in [6.45, 7) is 5.27. The number of nitrogens with one attached hydrogen (secondary N) is 1. The molecule has 1 aliphatic heterocycles. The van der Waals surface area contributed by atoms with Crippen molar-refractivity contribution < 1.29 is 9.59 Å². The average molecular weight is 333 g/mol. The summed E-state index contributed by atoms with van der Waals surface area (Å²) in [5.74, 6) is -0.206. The smallest absolute Gasteiger partial charge is 0.274 e. The van der Waals surface area contributed by atoms with Gasteiger partial charge in [0.2, 0.25) is 11.8 Å². The molecule has 0 unspecified atom stereocenters. The summed E-state index contributed by atoms with van der Waals surface area (Å²) in [7, 11) is 0. The molecule has 1 aliphatic rings. The average Bonchev–Trinajstić information content (AvgIpc) is 2.83. The van der Waals surface area contributed by atoms with Crippen molar-refractivity contribution in [3.05, 3.63) is 28.2 Å². The van der Waals surface area contributed by atoms with E-state index < -0.39 is 0 Å². The minimum absolute atomic E-state index is 0.0286. The molecule has 24 heavy (non-hydrogen) atoms. The molecule has 0 aromatic carbocycles. The number of hydrogen-bond donors (Lipinski definition) is 1. The maximum Gasteiger partial charge on any atom is 0.274 e. The van der Waals surface area contributed by atoms with Gasteiger partial charge in [-0.15, -0.1) is 0 Å². The predicted molar refractivity (Wildman–Crippen MR) is 94.0 cm³/mol. The first-order chi connectivity index (χ1) is 11.5. The van der Waals surface area contributed by atoms with Crippen LogP contribution >= 0.6 is 0 Å². The van der Waals surface area contributed by atoms with Gasteiger partial charge in [-0.25, -0.2) is 0 Å². The number of aromatic nitrogens is 1. The fourth-order valence-electron chi connectivity index (χ4n) is 2.96. The topological polar surface area (TPSA) is 71.4 Å². The van der Waals surface area contributed by atoms with Crippen LogP contribution in [0.2, 0.25) is 0 Å². The molecule has 1 fully saturated rings. The summed E-state index contributed by atoms with van der Waals surface area (Å²) in [4.78, 5) is 38.7. The van der Waals surface area contributed by atoms with Gasteiger partial charge in [-0.3, -0.25) is 14.4 Å². The number of anilines is 1. The summed E-state index contributed by atoms with van der Waals surface area (Å²) < 4.78 is 1.45.